The largest absolute Gasteiger partial charge is 0.434 e. The number of halogens is 5. The van der Waals surface area contributed by atoms with Crippen LogP contribution in [0.3, 0.4) is 0 Å². The summed E-state index contributed by atoms with van der Waals surface area (Å²) in [7, 11) is 0. The molecule has 3 nitrogen and oxygen atoms in total. The van der Waals surface area contributed by atoms with Crippen molar-refractivity contribution in [2.24, 2.45) is 0 Å². The lowest BCUT2D eigenvalue weighted by Gasteiger charge is -2.09. The van der Waals surface area contributed by atoms with Crippen LogP contribution in [0.15, 0.2) is 33.9 Å². The van der Waals surface area contributed by atoms with E-state index in [0.29, 0.717) is 10.8 Å². The maximum absolute atomic E-state index is 12.2. The first-order chi connectivity index (χ1) is 8.75. The maximum Gasteiger partial charge on any atom is 0.434 e. The van der Waals surface area contributed by atoms with Gasteiger partial charge in [0, 0.05) is 21.9 Å². The Morgan fingerprint density at radius 2 is 2.05 bits per heavy atom. The third kappa shape index (κ3) is 4.36. The van der Waals surface area contributed by atoms with Crippen LogP contribution in [0.4, 0.5) is 18.9 Å². The summed E-state index contributed by atoms with van der Waals surface area (Å²) in [6.07, 6.45) is -3.46. The van der Waals surface area contributed by atoms with Crippen molar-refractivity contribution >= 4 is 45.2 Å². The first-order valence-corrected chi connectivity index (χ1v) is 5.96. The van der Waals surface area contributed by atoms with Crippen molar-refractivity contribution in [2.75, 3.05) is 5.32 Å². The maximum atomic E-state index is 12.2. The van der Waals surface area contributed by atoms with Gasteiger partial charge in [0.05, 0.1) is 5.03 Å². The summed E-state index contributed by atoms with van der Waals surface area (Å²) < 4.78 is 37.2. The number of anilines is 1. The molecule has 2 N–H and O–H groups in total. The average Bonchev–Trinajstić information content (AvgIpc) is 2.34. The Hall–Kier alpha value is -1.34. The van der Waals surface area contributed by atoms with E-state index in [4.69, 9.17) is 17.0 Å². The van der Waals surface area contributed by atoms with Crippen molar-refractivity contribution in [3.63, 3.8) is 0 Å². The molecule has 0 unspecified atom stereocenters. The van der Waals surface area contributed by atoms with Crippen molar-refractivity contribution in [3.8, 4) is 0 Å². The van der Waals surface area contributed by atoms with E-state index in [9.17, 15) is 18.0 Å². The van der Waals surface area contributed by atoms with Crippen molar-refractivity contribution in [1.29, 1.82) is 5.41 Å². The van der Waals surface area contributed by atoms with E-state index in [0.717, 1.165) is 6.20 Å². The summed E-state index contributed by atoms with van der Waals surface area (Å²) in [4.78, 5) is 10.8. The number of nitrogens with one attached hydrogen (secondary N) is 2. The minimum absolute atomic E-state index is 0.244. The second-order valence-electron chi connectivity index (χ2n) is 3.36. The van der Waals surface area contributed by atoms with E-state index in [-0.39, 0.29) is 11.3 Å². The molecule has 102 valence electrons. The van der Waals surface area contributed by atoms with Crippen LogP contribution in [0.25, 0.3) is 0 Å². The second kappa shape index (κ2) is 6.21. The topological polar surface area (TPSA) is 53.0 Å². The smallest absolute Gasteiger partial charge is 0.360 e. The molecule has 19 heavy (non-hydrogen) atoms. The van der Waals surface area contributed by atoms with Gasteiger partial charge >= 0.3 is 6.18 Å². The molecule has 0 saturated carbocycles. The molecule has 0 aliphatic carbocycles. The van der Waals surface area contributed by atoms with Gasteiger partial charge in [0.1, 0.15) is 0 Å². The molecule has 0 fully saturated rings. The van der Waals surface area contributed by atoms with E-state index in [1.807, 2.05) is 0 Å². The second-order valence-corrected chi connectivity index (χ2v) is 4.68. The van der Waals surface area contributed by atoms with Gasteiger partial charge in [-0.25, -0.2) is 0 Å². The van der Waals surface area contributed by atoms with E-state index < -0.39 is 16.9 Å². The van der Waals surface area contributed by atoms with E-state index in [2.05, 4.69) is 21.2 Å². The molecule has 0 atom stereocenters. The lowest BCUT2D eigenvalue weighted by molar-refractivity contribution is -0.0586. The summed E-state index contributed by atoms with van der Waals surface area (Å²) in [5.41, 5.74) is -1.13. The van der Waals surface area contributed by atoms with Gasteiger partial charge in [-0.2, -0.15) is 13.2 Å². The molecule has 0 heterocycles. The van der Waals surface area contributed by atoms with Crippen LogP contribution in [0.1, 0.15) is 10.4 Å². The lowest BCUT2D eigenvalue weighted by Crippen LogP contribution is -2.22. The van der Waals surface area contributed by atoms with Crippen LogP contribution in [-0.4, -0.2) is 18.2 Å². The highest BCUT2D eigenvalue weighted by Gasteiger charge is 2.36. The number of hydrogen-bond acceptors (Lipinski definition) is 3. The number of alkyl halides is 3. The number of carbonyl (C=O) groups is 1. The number of carbonyl (C=O) groups excluding carboxylic acids is 1. The van der Waals surface area contributed by atoms with Gasteiger partial charge in [-0.1, -0.05) is 27.5 Å². The Kier molecular flexibility index (Phi) is 5.13. The fraction of sp³-hybridized carbons (Fsp3) is 0.0909. The molecular weight excluding hydrogens is 348 g/mol. The van der Waals surface area contributed by atoms with Crippen LogP contribution in [0.5, 0.6) is 0 Å². The molecule has 0 aliphatic heterocycles. The molecule has 0 amide bonds. The van der Waals surface area contributed by atoms with Crippen LogP contribution in [-0.2, 0) is 0 Å². The number of hydrogen-bond donors (Lipinski definition) is 2. The minimum atomic E-state index is -4.82. The zero-order valence-electron chi connectivity index (χ0n) is 9.18. The Labute approximate surface area is 120 Å². The Morgan fingerprint density at radius 1 is 1.42 bits per heavy atom. The number of aldehydes is 1. The third-order valence-corrected chi connectivity index (χ3v) is 2.81. The highest BCUT2D eigenvalue weighted by Crippen LogP contribution is 2.24. The number of rotatable bonds is 4. The highest BCUT2D eigenvalue weighted by molar-refractivity contribution is 9.10. The van der Waals surface area contributed by atoms with Crippen LogP contribution in [0, 0.1) is 5.41 Å². The molecule has 0 saturated heterocycles. The highest BCUT2D eigenvalue weighted by atomic mass is 79.9. The predicted molar refractivity (Wildman–Crippen MR) is 70.9 cm³/mol. The fourth-order valence-electron chi connectivity index (χ4n) is 1.11. The van der Waals surface area contributed by atoms with Crippen molar-refractivity contribution in [2.45, 2.75) is 6.18 Å². The lowest BCUT2D eigenvalue weighted by atomic mass is 10.2. The normalized spacial score (nSPS) is 12.2. The van der Waals surface area contributed by atoms with Crippen molar-refractivity contribution in [1.82, 2.24) is 0 Å². The average molecular weight is 356 g/mol. The van der Waals surface area contributed by atoms with Gasteiger partial charge in [-0.3, -0.25) is 10.2 Å². The quantitative estimate of drug-likeness (QED) is 0.624. The Balaban J connectivity index is 2.93. The zero-order chi connectivity index (χ0) is 14.6. The third-order valence-electron chi connectivity index (χ3n) is 2.02. The van der Waals surface area contributed by atoms with Gasteiger partial charge in [0.15, 0.2) is 12.0 Å². The first-order valence-electron chi connectivity index (χ1n) is 4.78. The molecule has 0 aromatic heterocycles. The molecule has 1 rings (SSSR count). The van der Waals surface area contributed by atoms with Crippen LogP contribution < -0.4 is 5.32 Å². The monoisotopic (exact) mass is 354 g/mol. The van der Waals surface area contributed by atoms with Gasteiger partial charge in [-0.15, -0.1) is 0 Å². The zero-order valence-corrected chi connectivity index (χ0v) is 11.5. The summed E-state index contributed by atoms with van der Waals surface area (Å²) in [6.45, 7) is 0. The van der Waals surface area contributed by atoms with Gasteiger partial charge in [0.25, 0.3) is 0 Å². The molecule has 0 bridgehead atoms. The summed E-state index contributed by atoms with van der Waals surface area (Å²) >= 11 is 8.50. The summed E-state index contributed by atoms with van der Waals surface area (Å²) in [5, 5.41) is 8.46. The van der Waals surface area contributed by atoms with Crippen molar-refractivity contribution < 1.29 is 18.0 Å². The molecule has 0 aliphatic rings. The number of allylic oxidation sites excluding steroid dienone is 1. The fourth-order valence-corrected chi connectivity index (χ4v) is 1.65. The van der Waals surface area contributed by atoms with Gasteiger partial charge in [0.2, 0.25) is 0 Å². The van der Waals surface area contributed by atoms with Crippen LogP contribution >= 0.6 is 27.5 Å². The predicted octanol–water partition coefficient (Wildman–Crippen LogP) is 4.34. The number of benzene rings is 1. The van der Waals surface area contributed by atoms with E-state index in [1.165, 1.54) is 12.1 Å². The molecule has 1 aromatic carbocycles. The van der Waals surface area contributed by atoms with Crippen molar-refractivity contribution in [3.05, 3.63) is 39.5 Å². The standard InChI is InChI=1S/C11H7BrClF3N2O/c12-7-1-2-9(6(3-7)5-19)18-4-8(13)10(17)11(14,15)16/h1-5,17-18H/b8-4+,17-10?. The molecule has 1 aromatic rings. The Morgan fingerprint density at radius 3 is 2.58 bits per heavy atom. The SMILES string of the molecule is N=C(/C(Cl)=C\Nc1ccc(Br)cc1C=O)C(F)(F)F. The molecule has 0 radical (unpaired) electrons. The minimum Gasteiger partial charge on any atom is -0.360 e. The summed E-state index contributed by atoms with van der Waals surface area (Å²) in [5.74, 6) is 0. The van der Waals surface area contributed by atoms with Gasteiger partial charge in [-0.05, 0) is 18.2 Å². The van der Waals surface area contributed by atoms with Crippen LogP contribution in [0.2, 0.25) is 0 Å². The van der Waals surface area contributed by atoms with E-state index in [1.54, 1.807) is 6.07 Å². The molecular formula is C11H7BrClF3N2O. The Bertz CT molecular complexity index is 543. The first kappa shape index (κ1) is 15.7. The van der Waals surface area contributed by atoms with Gasteiger partial charge < -0.3 is 5.32 Å². The molecule has 0 spiro atoms. The van der Waals surface area contributed by atoms with E-state index >= 15 is 0 Å². The molecule has 8 heteroatoms. The summed E-state index contributed by atoms with van der Waals surface area (Å²) in [6, 6.07) is 4.59.